The molecule has 1 aromatic heterocycles. The Hall–Kier alpha value is -0.890. The normalized spacial score (nSPS) is 22.9. The SMILES string of the molecule is Cc1cc(C)c([C@@H]2CCCN2C)cn1. The molecule has 2 rings (SSSR count). The molecule has 0 bridgehead atoms. The minimum atomic E-state index is 0.600. The molecule has 76 valence electrons. The third kappa shape index (κ3) is 1.67. The van der Waals surface area contributed by atoms with E-state index in [1.165, 1.54) is 30.5 Å². The second kappa shape index (κ2) is 3.70. The number of nitrogens with zero attached hydrogens (tertiary/aromatic N) is 2. The molecule has 0 saturated carbocycles. The second-order valence-electron chi connectivity index (χ2n) is 4.32. The molecule has 1 fully saturated rings. The average molecular weight is 190 g/mol. The van der Waals surface area contributed by atoms with Crippen LogP contribution in [0.1, 0.15) is 35.7 Å². The Balaban J connectivity index is 2.31. The number of pyridine rings is 1. The maximum atomic E-state index is 4.39. The lowest BCUT2D eigenvalue weighted by molar-refractivity contribution is 0.316. The van der Waals surface area contributed by atoms with Gasteiger partial charge in [0.2, 0.25) is 0 Å². The predicted octanol–water partition coefficient (Wildman–Crippen LogP) is 2.47. The van der Waals surface area contributed by atoms with Gasteiger partial charge in [-0.1, -0.05) is 0 Å². The fourth-order valence-corrected chi connectivity index (χ4v) is 2.36. The first-order valence-corrected chi connectivity index (χ1v) is 5.32. The van der Waals surface area contributed by atoms with E-state index in [9.17, 15) is 0 Å². The number of aromatic nitrogens is 1. The van der Waals surface area contributed by atoms with E-state index < -0.39 is 0 Å². The number of likely N-dealkylation sites (tertiary alicyclic amines) is 1. The Labute approximate surface area is 86.0 Å². The van der Waals surface area contributed by atoms with Crippen LogP contribution < -0.4 is 0 Å². The molecule has 0 radical (unpaired) electrons. The van der Waals surface area contributed by atoms with Gasteiger partial charge in [-0.05, 0) is 57.5 Å². The highest BCUT2D eigenvalue weighted by Crippen LogP contribution is 2.31. The minimum Gasteiger partial charge on any atom is -0.299 e. The summed E-state index contributed by atoms with van der Waals surface area (Å²) in [5, 5.41) is 0. The molecule has 0 unspecified atom stereocenters. The third-order valence-electron chi connectivity index (χ3n) is 3.17. The molecule has 1 saturated heterocycles. The van der Waals surface area contributed by atoms with Crippen molar-refractivity contribution in [2.75, 3.05) is 13.6 Å². The number of aryl methyl sites for hydroxylation is 2. The molecule has 0 amide bonds. The molecule has 1 aromatic rings. The van der Waals surface area contributed by atoms with Gasteiger partial charge in [0.05, 0.1) is 0 Å². The first-order chi connectivity index (χ1) is 6.68. The summed E-state index contributed by atoms with van der Waals surface area (Å²) in [5.74, 6) is 0. The zero-order chi connectivity index (χ0) is 10.1. The molecule has 1 aliphatic rings. The fraction of sp³-hybridized carbons (Fsp3) is 0.583. The van der Waals surface area contributed by atoms with Crippen LogP contribution in [0.15, 0.2) is 12.3 Å². The summed E-state index contributed by atoms with van der Waals surface area (Å²) in [4.78, 5) is 6.82. The molecular formula is C12H18N2. The lowest BCUT2D eigenvalue weighted by Gasteiger charge is -2.21. The Morgan fingerprint density at radius 1 is 1.43 bits per heavy atom. The molecule has 2 heterocycles. The van der Waals surface area contributed by atoms with E-state index in [1.54, 1.807) is 0 Å². The molecule has 1 atom stereocenters. The van der Waals surface area contributed by atoms with Crippen molar-refractivity contribution in [2.45, 2.75) is 32.7 Å². The summed E-state index contributed by atoms with van der Waals surface area (Å²) >= 11 is 0. The van der Waals surface area contributed by atoms with Crippen molar-refractivity contribution in [2.24, 2.45) is 0 Å². The molecule has 0 aromatic carbocycles. The number of hydrogen-bond acceptors (Lipinski definition) is 2. The van der Waals surface area contributed by atoms with Crippen LogP contribution in [0.25, 0.3) is 0 Å². The van der Waals surface area contributed by atoms with Gasteiger partial charge < -0.3 is 0 Å². The molecular weight excluding hydrogens is 172 g/mol. The van der Waals surface area contributed by atoms with Crippen LogP contribution in [0.3, 0.4) is 0 Å². The second-order valence-corrected chi connectivity index (χ2v) is 4.32. The highest BCUT2D eigenvalue weighted by atomic mass is 15.1. The zero-order valence-corrected chi connectivity index (χ0v) is 9.25. The van der Waals surface area contributed by atoms with Crippen LogP contribution in [0.5, 0.6) is 0 Å². The van der Waals surface area contributed by atoms with Crippen LogP contribution >= 0.6 is 0 Å². The Morgan fingerprint density at radius 3 is 2.79 bits per heavy atom. The summed E-state index contributed by atoms with van der Waals surface area (Å²) in [6.07, 6.45) is 4.65. The summed E-state index contributed by atoms with van der Waals surface area (Å²) in [6, 6.07) is 2.78. The van der Waals surface area contributed by atoms with Crippen molar-refractivity contribution in [3.63, 3.8) is 0 Å². The van der Waals surface area contributed by atoms with Crippen LogP contribution in [0.2, 0.25) is 0 Å². The van der Waals surface area contributed by atoms with Crippen LogP contribution in [-0.4, -0.2) is 23.5 Å². The van der Waals surface area contributed by atoms with Gasteiger partial charge in [-0.25, -0.2) is 0 Å². The van der Waals surface area contributed by atoms with Crippen molar-refractivity contribution in [1.82, 2.24) is 9.88 Å². The fourth-order valence-electron chi connectivity index (χ4n) is 2.36. The monoisotopic (exact) mass is 190 g/mol. The van der Waals surface area contributed by atoms with Gasteiger partial charge in [-0.15, -0.1) is 0 Å². The lowest BCUT2D eigenvalue weighted by atomic mass is 10.0. The van der Waals surface area contributed by atoms with Crippen LogP contribution in [-0.2, 0) is 0 Å². The van der Waals surface area contributed by atoms with E-state index in [2.05, 4.69) is 43.0 Å². The molecule has 2 nitrogen and oxygen atoms in total. The summed E-state index contributed by atoms with van der Waals surface area (Å²) in [5.41, 5.74) is 3.92. The third-order valence-corrected chi connectivity index (χ3v) is 3.17. The van der Waals surface area contributed by atoms with Gasteiger partial charge >= 0.3 is 0 Å². The number of hydrogen-bond donors (Lipinski definition) is 0. The first-order valence-electron chi connectivity index (χ1n) is 5.32. The minimum absolute atomic E-state index is 0.600. The van der Waals surface area contributed by atoms with Crippen molar-refractivity contribution in [3.8, 4) is 0 Å². The number of rotatable bonds is 1. The summed E-state index contributed by atoms with van der Waals surface area (Å²) in [6.45, 7) is 5.46. The van der Waals surface area contributed by atoms with E-state index in [0.29, 0.717) is 6.04 Å². The molecule has 0 spiro atoms. The Bertz CT molecular complexity index is 333. The van der Waals surface area contributed by atoms with E-state index in [-0.39, 0.29) is 0 Å². The van der Waals surface area contributed by atoms with Gasteiger partial charge in [-0.3, -0.25) is 9.88 Å². The van der Waals surface area contributed by atoms with E-state index in [4.69, 9.17) is 0 Å². The highest BCUT2D eigenvalue weighted by molar-refractivity contribution is 5.28. The van der Waals surface area contributed by atoms with Crippen molar-refractivity contribution in [3.05, 3.63) is 29.1 Å². The zero-order valence-electron chi connectivity index (χ0n) is 9.25. The largest absolute Gasteiger partial charge is 0.299 e. The maximum Gasteiger partial charge on any atom is 0.0375 e. The van der Waals surface area contributed by atoms with E-state index in [0.717, 1.165) is 5.69 Å². The van der Waals surface area contributed by atoms with Gasteiger partial charge in [0.1, 0.15) is 0 Å². The van der Waals surface area contributed by atoms with E-state index >= 15 is 0 Å². The predicted molar refractivity (Wildman–Crippen MR) is 58.3 cm³/mol. The smallest absolute Gasteiger partial charge is 0.0375 e. The van der Waals surface area contributed by atoms with Crippen molar-refractivity contribution >= 4 is 0 Å². The van der Waals surface area contributed by atoms with Crippen LogP contribution in [0, 0.1) is 13.8 Å². The lowest BCUT2D eigenvalue weighted by Crippen LogP contribution is -2.18. The maximum absolute atomic E-state index is 4.39. The van der Waals surface area contributed by atoms with Gasteiger partial charge in [-0.2, -0.15) is 0 Å². The molecule has 1 aliphatic heterocycles. The quantitative estimate of drug-likeness (QED) is 0.676. The molecule has 0 N–H and O–H groups in total. The Morgan fingerprint density at radius 2 is 2.21 bits per heavy atom. The standard InChI is InChI=1S/C12H18N2/c1-9-7-10(2)13-8-11(9)12-5-4-6-14(12)3/h7-8,12H,4-6H2,1-3H3/t12-/m0/s1. The van der Waals surface area contributed by atoms with Crippen molar-refractivity contribution < 1.29 is 0 Å². The topological polar surface area (TPSA) is 16.1 Å². The van der Waals surface area contributed by atoms with Crippen LogP contribution in [0.4, 0.5) is 0 Å². The molecule has 0 aliphatic carbocycles. The Kier molecular flexibility index (Phi) is 2.55. The van der Waals surface area contributed by atoms with Crippen molar-refractivity contribution in [1.29, 1.82) is 0 Å². The van der Waals surface area contributed by atoms with E-state index in [1.807, 2.05) is 0 Å². The summed E-state index contributed by atoms with van der Waals surface area (Å²) < 4.78 is 0. The summed E-state index contributed by atoms with van der Waals surface area (Å²) in [7, 11) is 2.21. The van der Waals surface area contributed by atoms with Gasteiger partial charge in [0.15, 0.2) is 0 Å². The average Bonchev–Trinajstić information content (AvgIpc) is 2.52. The van der Waals surface area contributed by atoms with Gasteiger partial charge in [0, 0.05) is 17.9 Å². The first kappa shape index (κ1) is 9.66. The molecule has 2 heteroatoms. The molecule has 14 heavy (non-hydrogen) atoms. The highest BCUT2D eigenvalue weighted by Gasteiger charge is 2.23. The van der Waals surface area contributed by atoms with Gasteiger partial charge in [0.25, 0.3) is 0 Å².